The summed E-state index contributed by atoms with van der Waals surface area (Å²) >= 11 is 0. The molecule has 2 aromatic carbocycles. The molecule has 1 aliphatic heterocycles. The number of nitrogens with zero attached hydrogens (tertiary/aromatic N) is 2. The third-order valence-corrected chi connectivity index (χ3v) is 5.20. The summed E-state index contributed by atoms with van der Waals surface area (Å²) in [4.78, 5) is 28.7. The zero-order valence-corrected chi connectivity index (χ0v) is 16.6. The third kappa shape index (κ3) is 6.20. The summed E-state index contributed by atoms with van der Waals surface area (Å²) in [5, 5.41) is 2.94. The van der Waals surface area contributed by atoms with Gasteiger partial charge in [0.1, 0.15) is 0 Å². The van der Waals surface area contributed by atoms with Gasteiger partial charge in [-0.05, 0) is 43.1 Å². The van der Waals surface area contributed by atoms with Crippen LogP contribution in [0.25, 0.3) is 0 Å². The van der Waals surface area contributed by atoms with Gasteiger partial charge in [0, 0.05) is 44.7 Å². The Kier molecular flexibility index (Phi) is 7.20. The molecule has 0 radical (unpaired) electrons. The molecule has 0 unspecified atom stereocenters. The van der Waals surface area contributed by atoms with Crippen LogP contribution in [-0.2, 0) is 22.4 Å². The molecular formula is C23H29N3O2. The van der Waals surface area contributed by atoms with E-state index in [1.165, 1.54) is 0 Å². The van der Waals surface area contributed by atoms with Gasteiger partial charge in [-0.1, -0.05) is 42.5 Å². The highest BCUT2D eigenvalue weighted by molar-refractivity contribution is 5.90. The number of benzene rings is 2. The topological polar surface area (TPSA) is 52.6 Å². The molecule has 2 amide bonds. The molecule has 0 bridgehead atoms. The molecule has 0 aromatic heterocycles. The number of piperazine rings is 1. The third-order valence-electron chi connectivity index (χ3n) is 5.20. The van der Waals surface area contributed by atoms with Gasteiger partial charge >= 0.3 is 0 Å². The van der Waals surface area contributed by atoms with Gasteiger partial charge in [0.2, 0.25) is 11.8 Å². The van der Waals surface area contributed by atoms with E-state index < -0.39 is 0 Å². The average Bonchev–Trinajstić information content (AvgIpc) is 2.73. The lowest BCUT2D eigenvalue weighted by molar-refractivity contribution is -0.132. The summed E-state index contributed by atoms with van der Waals surface area (Å²) in [5.74, 6) is 0.244. The maximum atomic E-state index is 12.3. The molecule has 148 valence electrons. The van der Waals surface area contributed by atoms with E-state index in [4.69, 9.17) is 0 Å². The Labute approximate surface area is 167 Å². The van der Waals surface area contributed by atoms with Gasteiger partial charge in [0.05, 0.1) is 0 Å². The van der Waals surface area contributed by atoms with Crippen molar-refractivity contribution >= 4 is 17.5 Å². The van der Waals surface area contributed by atoms with Gasteiger partial charge in [-0.15, -0.1) is 0 Å². The van der Waals surface area contributed by atoms with E-state index in [1.54, 1.807) is 0 Å². The van der Waals surface area contributed by atoms with Crippen LogP contribution in [0.5, 0.6) is 0 Å². The van der Waals surface area contributed by atoms with Gasteiger partial charge in [-0.25, -0.2) is 0 Å². The number of aryl methyl sites for hydroxylation is 2. The van der Waals surface area contributed by atoms with Crippen LogP contribution in [-0.4, -0.2) is 54.8 Å². The van der Waals surface area contributed by atoms with E-state index in [0.717, 1.165) is 55.8 Å². The van der Waals surface area contributed by atoms with Crippen LogP contribution in [0.1, 0.15) is 24.0 Å². The van der Waals surface area contributed by atoms with Crippen molar-refractivity contribution in [2.45, 2.75) is 25.7 Å². The van der Waals surface area contributed by atoms with Crippen LogP contribution in [0, 0.1) is 0 Å². The van der Waals surface area contributed by atoms with Crippen molar-refractivity contribution < 1.29 is 9.59 Å². The van der Waals surface area contributed by atoms with E-state index in [2.05, 4.69) is 17.3 Å². The lowest BCUT2D eigenvalue weighted by atomic mass is 10.1. The van der Waals surface area contributed by atoms with Crippen molar-refractivity contribution in [1.29, 1.82) is 0 Å². The van der Waals surface area contributed by atoms with E-state index >= 15 is 0 Å². The highest BCUT2D eigenvalue weighted by Crippen LogP contribution is 2.13. The SMILES string of the molecule is CN1CCN(C(=O)CCc2ccc(NC(=O)CCc3ccccc3)cc2)CC1. The van der Waals surface area contributed by atoms with Crippen molar-refractivity contribution in [2.24, 2.45) is 0 Å². The highest BCUT2D eigenvalue weighted by Gasteiger charge is 2.18. The van der Waals surface area contributed by atoms with Gasteiger partial charge in [0.25, 0.3) is 0 Å². The second-order valence-electron chi connectivity index (χ2n) is 7.41. The predicted molar refractivity (Wildman–Crippen MR) is 112 cm³/mol. The van der Waals surface area contributed by atoms with Gasteiger partial charge in [-0.2, -0.15) is 0 Å². The first-order valence-corrected chi connectivity index (χ1v) is 9.99. The first-order chi connectivity index (χ1) is 13.6. The lowest BCUT2D eigenvalue weighted by Gasteiger charge is -2.32. The molecule has 28 heavy (non-hydrogen) atoms. The highest BCUT2D eigenvalue weighted by atomic mass is 16.2. The van der Waals surface area contributed by atoms with Gasteiger partial charge in [-0.3, -0.25) is 9.59 Å². The number of amides is 2. The van der Waals surface area contributed by atoms with E-state index in [-0.39, 0.29) is 11.8 Å². The van der Waals surface area contributed by atoms with Crippen molar-refractivity contribution in [3.05, 3.63) is 65.7 Å². The van der Waals surface area contributed by atoms with E-state index in [0.29, 0.717) is 12.8 Å². The first-order valence-electron chi connectivity index (χ1n) is 9.99. The largest absolute Gasteiger partial charge is 0.340 e. The van der Waals surface area contributed by atoms with Gasteiger partial charge < -0.3 is 15.1 Å². The number of rotatable bonds is 7. The number of hydrogen-bond donors (Lipinski definition) is 1. The summed E-state index contributed by atoms with van der Waals surface area (Å²) in [7, 11) is 2.09. The van der Waals surface area contributed by atoms with Crippen LogP contribution < -0.4 is 5.32 Å². The molecule has 2 aromatic rings. The zero-order chi connectivity index (χ0) is 19.8. The maximum absolute atomic E-state index is 12.3. The van der Waals surface area contributed by atoms with E-state index in [1.807, 2.05) is 59.5 Å². The Morgan fingerprint density at radius 2 is 1.43 bits per heavy atom. The molecule has 1 saturated heterocycles. The van der Waals surface area contributed by atoms with Crippen molar-refractivity contribution in [3.63, 3.8) is 0 Å². The predicted octanol–water partition coefficient (Wildman–Crippen LogP) is 2.96. The van der Waals surface area contributed by atoms with E-state index in [9.17, 15) is 9.59 Å². The fourth-order valence-electron chi connectivity index (χ4n) is 3.35. The summed E-state index contributed by atoms with van der Waals surface area (Å²) in [6, 6.07) is 17.8. The van der Waals surface area contributed by atoms with Crippen LogP contribution in [0.15, 0.2) is 54.6 Å². The molecule has 1 aliphatic rings. The molecule has 5 heteroatoms. The number of anilines is 1. The maximum Gasteiger partial charge on any atom is 0.224 e. The normalized spacial score (nSPS) is 14.7. The summed E-state index contributed by atoms with van der Waals surface area (Å²) in [6.45, 7) is 3.54. The molecule has 0 saturated carbocycles. The standard InChI is InChI=1S/C23H29N3O2/c1-25-15-17-26(18-16-25)23(28)14-10-20-7-11-21(12-8-20)24-22(27)13-9-19-5-3-2-4-6-19/h2-8,11-12H,9-10,13-18H2,1H3,(H,24,27). The molecule has 3 rings (SSSR count). The second kappa shape index (κ2) is 10.0. The fraction of sp³-hybridized carbons (Fsp3) is 0.391. The number of likely N-dealkylation sites (N-methyl/N-ethyl adjacent to an activating group) is 1. The van der Waals surface area contributed by atoms with Crippen molar-refractivity contribution in [2.75, 3.05) is 38.5 Å². The second-order valence-corrected chi connectivity index (χ2v) is 7.41. The molecule has 1 heterocycles. The first kappa shape index (κ1) is 20.1. The van der Waals surface area contributed by atoms with Crippen LogP contribution in [0.3, 0.4) is 0 Å². The number of nitrogens with one attached hydrogen (secondary N) is 1. The van der Waals surface area contributed by atoms with Crippen LogP contribution >= 0.6 is 0 Å². The van der Waals surface area contributed by atoms with Crippen LogP contribution in [0.4, 0.5) is 5.69 Å². The summed E-state index contributed by atoms with van der Waals surface area (Å²) in [5.41, 5.74) is 3.08. The Hall–Kier alpha value is -2.66. The summed E-state index contributed by atoms with van der Waals surface area (Å²) in [6.07, 6.45) is 2.46. The van der Waals surface area contributed by atoms with Gasteiger partial charge in [0.15, 0.2) is 0 Å². The average molecular weight is 380 g/mol. The number of carbonyl (C=O) groups is 2. The Bertz CT molecular complexity index is 766. The minimum absolute atomic E-state index is 0.0156. The molecule has 0 aliphatic carbocycles. The number of hydrogen-bond acceptors (Lipinski definition) is 3. The number of carbonyl (C=O) groups excluding carboxylic acids is 2. The Morgan fingerprint density at radius 3 is 2.11 bits per heavy atom. The monoisotopic (exact) mass is 379 g/mol. The summed E-state index contributed by atoms with van der Waals surface area (Å²) < 4.78 is 0. The minimum atomic E-state index is 0.0156. The Balaban J connectivity index is 1.40. The molecule has 0 spiro atoms. The molecule has 5 nitrogen and oxygen atoms in total. The van der Waals surface area contributed by atoms with Crippen molar-refractivity contribution in [3.8, 4) is 0 Å². The minimum Gasteiger partial charge on any atom is -0.340 e. The molecular weight excluding hydrogens is 350 g/mol. The molecule has 1 fully saturated rings. The van der Waals surface area contributed by atoms with Crippen LogP contribution in [0.2, 0.25) is 0 Å². The molecule has 0 atom stereocenters. The molecule has 1 N–H and O–H groups in total. The Morgan fingerprint density at radius 1 is 0.821 bits per heavy atom. The quantitative estimate of drug-likeness (QED) is 0.805. The lowest BCUT2D eigenvalue weighted by Crippen LogP contribution is -2.47. The smallest absolute Gasteiger partial charge is 0.224 e. The fourth-order valence-corrected chi connectivity index (χ4v) is 3.35. The zero-order valence-electron chi connectivity index (χ0n) is 16.6. The van der Waals surface area contributed by atoms with Crippen molar-refractivity contribution in [1.82, 2.24) is 9.80 Å².